The fourth-order valence-electron chi connectivity index (χ4n) is 9.02. The van der Waals surface area contributed by atoms with Gasteiger partial charge in [-0.1, -0.05) is 105 Å². The van der Waals surface area contributed by atoms with Crippen molar-refractivity contribution in [3.05, 3.63) is 203 Å². The highest BCUT2D eigenvalue weighted by Crippen LogP contribution is 2.51. The van der Waals surface area contributed by atoms with Crippen molar-refractivity contribution in [2.45, 2.75) is 19.3 Å². The van der Waals surface area contributed by atoms with Crippen LogP contribution in [0, 0.1) is 0 Å². The lowest BCUT2D eigenvalue weighted by Crippen LogP contribution is -2.16. The molecule has 0 fully saturated rings. The fourth-order valence-corrected chi connectivity index (χ4v) is 9.02. The summed E-state index contributed by atoms with van der Waals surface area (Å²) in [4.78, 5) is 16.0. The van der Waals surface area contributed by atoms with Gasteiger partial charge in [-0.25, -0.2) is 0 Å². The number of hydrogen-bond acceptors (Lipinski definition) is 3. The molecule has 8 aromatic carbocycles. The SMILES string of the molecule is CC1(C)c2ccccc2-c2ccc(N(c3ccccc3)c3ccc4c(c3)c3cc(-c5ccc6oc7ccccc7c(=O)c6c5)ccc3n4-c3ccccc3)cc21. The number of fused-ring (bicyclic) bond motifs is 8. The lowest BCUT2D eigenvalue weighted by molar-refractivity contribution is 0.660. The van der Waals surface area contributed by atoms with Crippen LogP contribution in [0.1, 0.15) is 25.0 Å². The minimum Gasteiger partial charge on any atom is -0.456 e. The third-order valence-electron chi connectivity index (χ3n) is 11.8. The molecule has 0 N–H and O–H groups in total. The Kier molecular flexibility index (Phi) is 7.02. The Hall–Kier alpha value is -7.17. The zero-order valence-corrected chi connectivity index (χ0v) is 31.0. The molecule has 1 aliphatic rings. The van der Waals surface area contributed by atoms with Crippen molar-refractivity contribution in [1.82, 2.24) is 4.57 Å². The number of anilines is 3. The normalized spacial score (nSPS) is 13.0. The number of rotatable bonds is 5. The number of aromatic nitrogens is 1. The van der Waals surface area contributed by atoms with E-state index in [1.807, 2.05) is 42.5 Å². The zero-order chi connectivity index (χ0) is 37.5. The van der Waals surface area contributed by atoms with E-state index in [9.17, 15) is 4.79 Å². The van der Waals surface area contributed by atoms with Crippen LogP contribution in [-0.4, -0.2) is 4.57 Å². The van der Waals surface area contributed by atoms with E-state index < -0.39 is 0 Å². The fraction of sp³-hybridized carbons (Fsp3) is 0.0577. The number of para-hydroxylation sites is 3. The molecule has 10 aromatic rings. The van der Waals surface area contributed by atoms with Crippen molar-refractivity contribution >= 4 is 60.8 Å². The summed E-state index contributed by atoms with van der Waals surface area (Å²) in [6.07, 6.45) is 0. The Labute approximate surface area is 324 Å². The molecule has 2 heterocycles. The van der Waals surface area contributed by atoms with Crippen LogP contribution in [0.4, 0.5) is 17.1 Å². The second-order valence-electron chi connectivity index (χ2n) is 15.3. The molecule has 0 unspecified atom stereocenters. The van der Waals surface area contributed by atoms with Crippen LogP contribution < -0.4 is 10.3 Å². The summed E-state index contributed by atoms with van der Waals surface area (Å²) >= 11 is 0. The van der Waals surface area contributed by atoms with Crippen molar-refractivity contribution in [3.63, 3.8) is 0 Å². The Morgan fingerprint density at radius 3 is 1.88 bits per heavy atom. The first kappa shape index (κ1) is 32.3. The molecule has 0 bridgehead atoms. The monoisotopic (exact) mass is 720 g/mol. The molecule has 1 aliphatic carbocycles. The summed E-state index contributed by atoms with van der Waals surface area (Å²) in [7, 11) is 0. The van der Waals surface area contributed by atoms with Crippen LogP contribution in [0.15, 0.2) is 191 Å². The van der Waals surface area contributed by atoms with Gasteiger partial charge in [0.25, 0.3) is 0 Å². The summed E-state index contributed by atoms with van der Waals surface area (Å²) in [6.45, 7) is 4.67. The van der Waals surface area contributed by atoms with Gasteiger partial charge in [-0.3, -0.25) is 4.79 Å². The second-order valence-corrected chi connectivity index (χ2v) is 15.3. The number of nitrogens with zero attached hydrogens (tertiary/aromatic N) is 2. The van der Waals surface area contributed by atoms with Crippen LogP contribution in [-0.2, 0) is 5.41 Å². The smallest absolute Gasteiger partial charge is 0.200 e. The molecule has 56 heavy (non-hydrogen) atoms. The predicted octanol–water partition coefficient (Wildman–Crippen LogP) is 13.5. The summed E-state index contributed by atoms with van der Waals surface area (Å²) in [5, 5.41) is 3.44. The first-order valence-electron chi connectivity index (χ1n) is 19.1. The minimum atomic E-state index is -0.120. The van der Waals surface area contributed by atoms with Crippen LogP contribution in [0.25, 0.3) is 71.7 Å². The molecule has 11 rings (SSSR count). The topological polar surface area (TPSA) is 38.4 Å². The second kappa shape index (κ2) is 12.2. The predicted molar refractivity (Wildman–Crippen MR) is 232 cm³/mol. The third kappa shape index (κ3) is 4.82. The van der Waals surface area contributed by atoms with Gasteiger partial charge in [-0.15, -0.1) is 0 Å². The van der Waals surface area contributed by atoms with Gasteiger partial charge in [-0.05, 0) is 124 Å². The van der Waals surface area contributed by atoms with Gasteiger partial charge in [0.2, 0.25) is 5.43 Å². The van der Waals surface area contributed by atoms with E-state index in [1.165, 1.54) is 22.3 Å². The highest BCUT2D eigenvalue weighted by Gasteiger charge is 2.35. The standard InChI is InChI=1S/C52H36N2O2/c1-52(2)45-19-11-9-17-39(45)40-25-23-38(32-46(40)52)53(35-13-5-3-6-14-35)37-24-27-48-43(31-37)42-29-33(21-26-47(42)54(48)36-15-7-4-8-16-36)34-22-28-50-44(30-34)51(55)41-18-10-12-20-49(41)56-50/h3-32H,1-2H3. The maximum absolute atomic E-state index is 13.6. The van der Waals surface area contributed by atoms with E-state index in [0.29, 0.717) is 21.9 Å². The largest absolute Gasteiger partial charge is 0.456 e. The quantitative estimate of drug-likeness (QED) is 0.166. The molecule has 266 valence electrons. The summed E-state index contributed by atoms with van der Waals surface area (Å²) in [5.41, 5.74) is 15.0. The first-order chi connectivity index (χ1) is 27.4. The highest BCUT2D eigenvalue weighted by atomic mass is 16.3. The zero-order valence-electron chi connectivity index (χ0n) is 31.0. The molecule has 0 atom stereocenters. The average molecular weight is 721 g/mol. The number of benzene rings is 8. The Morgan fingerprint density at radius 2 is 1.05 bits per heavy atom. The first-order valence-corrected chi connectivity index (χ1v) is 19.1. The van der Waals surface area contributed by atoms with Gasteiger partial charge in [0, 0.05) is 38.9 Å². The molecular weight excluding hydrogens is 685 g/mol. The Morgan fingerprint density at radius 1 is 0.464 bits per heavy atom. The van der Waals surface area contributed by atoms with Gasteiger partial charge >= 0.3 is 0 Å². The molecule has 4 nitrogen and oxygen atoms in total. The summed E-state index contributed by atoms with van der Waals surface area (Å²) in [5.74, 6) is 0. The van der Waals surface area contributed by atoms with Crippen LogP contribution in [0.2, 0.25) is 0 Å². The molecule has 0 saturated heterocycles. The van der Waals surface area contributed by atoms with Crippen molar-refractivity contribution in [1.29, 1.82) is 0 Å². The van der Waals surface area contributed by atoms with Crippen molar-refractivity contribution in [3.8, 4) is 27.9 Å². The van der Waals surface area contributed by atoms with Gasteiger partial charge < -0.3 is 13.9 Å². The molecule has 4 heteroatoms. The molecule has 0 amide bonds. The molecule has 0 spiro atoms. The van der Waals surface area contributed by atoms with Gasteiger partial charge in [0.05, 0.1) is 21.8 Å². The molecule has 0 radical (unpaired) electrons. The van der Waals surface area contributed by atoms with Crippen molar-refractivity contribution in [2.24, 2.45) is 0 Å². The van der Waals surface area contributed by atoms with Crippen LogP contribution in [0.3, 0.4) is 0 Å². The molecule has 2 aromatic heterocycles. The molecule has 0 aliphatic heterocycles. The third-order valence-corrected chi connectivity index (χ3v) is 11.8. The maximum atomic E-state index is 13.6. The van der Waals surface area contributed by atoms with E-state index in [0.717, 1.165) is 55.7 Å². The molecule has 0 saturated carbocycles. The average Bonchev–Trinajstić information content (AvgIpc) is 3.69. The Balaban J connectivity index is 1.12. The summed E-state index contributed by atoms with van der Waals surface area (Å²) < 4.78 is 8.50. The number of hydrogen-bond donors (Lipinski definition) is 0. The van der Waals surface area contributed by atoms with Gasteiger partial charge in [0.15, 0.2) is 0 Å². The molecular formula is C52H36N2O2. The summed E-state index contributed by atoms with van der Waals surface area (Å²) in [6, 6.07) is 63.8. The van der Waals surface area contributed by atoms with Gasteiger partial charge in [-0.2, -0.15) is 0 Å². The van der Waals surface area contributed by atoms with E-state index in [1.54, 1.807) is 0 Å². The van der Waals surface area contributed by atoms with E-state index in [4.69, 9.17) is 4.42 Å². The van der Waals surface area contributed by atoms with Crippen LogP contribution in [0.5, 0.6) is 0 Å². The lowest BCUT2D eigenvalue weighted by atomic mass is 9.82. The highest BCUT2D eigenvalue weighted by molar-refractivity contribution is 6.12. The van der Waals surface area contributed by atoms with E-state index in [2.05, 4.69) is 163 Å². The van der Waals surface area contributed by atoms with Crippen LogP contribution >= 0.6 is 0 Å². The maximum Gasteiger partial charge on any atom is 0.200 e. The van der Waals surface area contributed by atoms with Crippen molar-refractivity contribution < 1.29 is 4.42 Å². The van der Waals surface area contributed by atoms with Crippen molar-refractivity contribution in [2.75, 3.05) is 4.90 Å². The lowest BCUT2D eigenvalue weighted by Gasteiger charge is -2.28. The minimum absolute atomic E-state index is 0.0186. The Bertz CT molecular complexity index is 3250. The van der Waals surface area contributed by atoms with E-state index in [-0.39, 0.29) is 10.8 Å². The van der Waals surface area contributed by atoms with E-state index >= 15 is 0 Å². The van der Waals surface area contributed by atoms with Gasteiger partial charge in [0.1, 0.15) is 11.2 Å².